The van der Waals surface area contributed by atoms with Crippen molar-refractivity contribution >= 4 is 29.9 Å². The fraction of sp³-hybridized carbons (Fsp3) is 0.474. The molecule has 144 valence electrons. The van der Waals surface area contributed by atoms with Crippen molar-refractivity contribution in [2.45, 2.75) is 26.7 Å². The molecular formula is C19H29IN4O2. The van der Waals surface area contributed by atoms with Crippen LogP contribution >= 0.6 is 24.0 Å². The lowest BCUT2D eigenvalue weighted by Crippen LogP contribution is -2.38. The zero-order chi connectivity index (χ0) is 17.9. The van der Waals surface area contributed by atoms with E-state index in [4.69, 9.17) is 9.15 Å². The summed E-state index contributed by atoms with van der Waals surface area (Å²) in [6, 6.07) is 8.17. The first-order chi connectivity index (χ1) is 12.2. The van der Waals surface area contributed by atoms with Crippen LogP contribution < -0.4 is 10.6 Å². The fourth-order valence-corrected chi connectivity index (χ4v) is 2.30. The van der Waals surface area contributed by atoms with Gasteiger partial charge in [0.25, 0.3) is 0 Å². The number of aromatic nitrogens is 1. The monoisotopic (exact) mass is 472 g/mol. The molecule has 0 aliphatic heterocycles. The van der Waals surface area contributed by atoms with Gasteiger partial charge in [0.2, 0.25) is 5.89 Å². The van der Waals surface area contributed by atoms with Gasteiger partial charge in [-0.05, 0) is 32.4 Å². The second-order valence-corrected chi connectivity index (χ2v) is 5.79. The number of nitrogens with zero attached hydrogens (tertiary/aromatic N) is 2. The number of ether oxygens (including phenoxy) is 1. The number of guanidine groups is 1. The van der Waals surface area contributed by atoms with Crippen molar-refractivity contribution in [3.63, 3.8) is 0 Å². The Morgan fingerprint density at radius 1 is 1.23 bits per heavy atom. The minimum absolute atomic E-state index is 0. The van der Waals surface area contributed by atoms with Crippen molar-refractivity contribution in [3.05, 3.63) is 41.8 Å². The standard InChI is InChI=1S/C19H28N4O2.HI/c1-4-20-19(21-11-5-13-24-3)22-12-10-17-14-25-18(23-17)16-8-6-15(2)7-9-16;/h6-9,14H,4-5,10-13H2,1-3H3,(H2,20,21,22);1H. The third-order valence-corrected chi connectivity index (χ3v) is 3.64. The second kappa shape index (κ2) is 12.7. The maximum atomic E-state index is 5.59. The Labute approximate surface area is 172 Å². The lowest BCUT2D eigenvalue weighted by Gasteiger charge is -2.10. The van der Waals surface area contributed by atoms with Crippen molar-refractivity contribution in [3.8, 4) is 11.5 Å². The lowest BCUT2D eigenvalue weighted by atomic mass is 10.1. The lowest BCUT2D eigenvalue weighted by molar-refractivity contribution is 0.197. The molecule has 26 heavy (non-hydrogen) atoms. The van der Waals surface area contributed by atoms with Crippen molar-refractivity contribution in [1.82, 2.24) is 15.6 Å². The van der Waals surface area contributed by atoms with Gasteiger partial charge in [-0.25, -0.2) is 4.98 Å². The highest BCUT2D eigenvalue weighted by molar-refractivity contribution is 14.0. The van der Waals surface area contributed by atoms with Gasteiger partial charge < -0.3 is 19.8 Å². The molecule has 0 saturated heterocycles. The molecule has 0 radical (unpaired) electrons. The number of nitrogens with one attached hydrogen (secondary N) is 2. The van der Waals surface area contributed by atoms with E-state index in [0.717, 1.165) is 56.3 Å². The summed E-state index contributed by atoms with van der Waals surface area (Å²) in [5.74, 6) is 1.48. The number of rotatable bonds is 9. The topological polar surface area (TPSA) is 71.7 Å². The van der Waals surface area contributed by atoms with Gasteiger partial charge in [0.15, 0.2) is 5.96 Å². The van der Waals surface area contributed by atoms with E-state index in [1.807, 2.05) is 12.1 Å². The van der Waals surface area contributed by atoms with Crippen LogP contribution in [0.2, 0.25) is 0 Å². The Morgan fingerprint density at radius 3 is 2.69 bits per heavy atom. The van der Waals surface area contributed by atoms with Crippen LogP contribution in [0, 0.1) is 6.92 Å². The predicted octanol–water partition coefficient (Wildman–Crippen LogP) is 3.40. The highest BCUT2D eigenvalue weighted by atomic mass is 127. The van der Waals surface area contributed by atoms with Crippen LogP contribution in [0.4, 0.5) is 0 Å². The Bertz CT molecular complexity index is 656. The minimum Gasteiger partial charge on any atom is -0.444 e. The third-order valence-electron chi connectivity index (χ3n) is 3.64. The van der Waals surface area contributed by atoms with Gasteiger partial charge in [-0.2, -0.15) is 0 Å². The van der Waals surface area contributed by atoms with Crippen molar-refractivity contribution < 1.29 is 9.15 Å². The molecule has 0 spiro atoms. The van der Waals surface area contributed by atoms with Gasteiger partial charge >= 0.3 is 0 Å². The molecule has 0 saturated carbocycles. The quantitative estimate of drug-likeness (QED) is 0.253. The van der Waals surface area contributed by atoms with E-state index in [9.17, 15) is 0 Å². The zero-order valence-electron chi connectivity index (χ0n) is 15.7. The SMILES string of the molecule is CCNC(=NCCCOC)NCCc1coc(-c2ccc(C)cc2)n1.I. The van der Waals surface area contributed by atoms with E-state index in [1.165, 1.54) is 5.56 Å². The molecule has 0 fully saturated rings. The maximum Gasteiger partial charge on any atom is 0.226 e. The van der Waals surface area contributed by atoms with E-state index in [2.05, 4.69) is 46.6 Å². The number of aryl methyl sites for hydroxylation is 1. The molecule has 0 atom stereocenters. The number of halogens is 1. The molecule has 7 heteroatoms. The van der Waals surface area contributed by atoms with E-state index in [1.54, 1.807) is 13.4 Å². The molecule has 6 nitrogen and oxygen atoms in total. The first-order valence-electron chi connectivity index (χ1n) is 8.75. The van der Waals surface area contributed by atoms with Gasteiger partial charge in [0, 0.05) is 45.3 Å². The van der Waals surface area contributed by atoms with Gasteiger partial charge in [-0.3, -0.25) is 4.99 Å². The van der Waals surface area contributed by atoms with Crippen molar-refractivity contribution in [1.29, 1.82) is 0 Å². The fourth-order valence-electron chi connectivity index (χ4n) is 2.30. The number of aliphatic imine (C=N–C) groups is 1. The zero-order valence-corrected chi connectivity index (χ0v) is 18.1. The summed E-state index contributed by atoms with van der Waals surface area (Å²) in [5.41, 5.74) is 3.15. The summed E-state index contributed by atoms with van der Waals surface area (Å²) in [4.78, 5) is 9.07. The summed E-state index contributed by atoms with van der Waals surface area (Å²) in [6.45, 7) is 7.16. The largest absolute Gasteiger partial charge is 0.444 e. The molecule has 1 heterocycles. The van der Waals surface area contributed by atoms with E-state index in [-0.39, 0.29) is 24.0 Å². The normalized spacial score (nSPS) is 11.1. The van der Waals surface area contributed by atoms with Gasteiger partial charge in [-0.1, -0.05) is 17.7 Å². The van der Waals surface area contributed by atoms with Gasteiger partial charge in [-0.15, -0.1) is 24.0 Å². The molecule has 0 amide bonds. The molecule has 2 rings (SSSR count). The molecule has 0 aliphatic rings. The summed E-state index contributed by atoms with van der Waals surface area (Å²) < 4.78 is 10.6. The minimum atomic E-state index is 0. The Morgan fingerprint density at radius 2 is 2.00 bits per heavy atom. The molecular weight excluding hydrogens is 443 g/mol. The number of methoxy groups -OCH3 is 1. The van der Waals surface area contributed by atoms with Crippen LogP contribution in [0.25, 0.3) is 11.5 Å². The molecule has 0 unspecified atom stereocenters. The molecule has 1 aromatic carbocycles. The van der Waals surface area contributed by atoms with Crippen LogP contribution in [0.5, 0.6) is 0 Å². The first kappa shape index (κ1) is 22.4. The van der Waals surface area contributed by atoms with Gasteiger partial charge in [0.05, 0.1) is 5.69 Å². The van der Waals surface area contributed by atoms with Crippen LogP contribution in [0.1, 0.15) is 24.6 Å². The molecule has 0 bridgehead atoms. The average molecular weight is 472 g/mol. The van der Waals surface area contributed by atoms with E-state index >= 15 is 0 Å². The van der Waals surface area contributed by atoms with E-state index in [0.29, 0.717) is 5.89 Å². The second-order valence-electron chi connectivity index (χ2n) is 5.79. The molecule has 2 N–H and O–H groups in total. The smallest absolute Gasteiger partial charge is 0.226 e. The molecule has 2 aromatic rings. The van der Waals surface area contributed by atoms with Gasteiger partial charge in [0.1, 0.15) is 6.26 Å². The summed E-state index contributed by atoms with van der Waals surface area (Å²) in [5, 5.41) is 6.56. The number of hydrogen-bond acceptors (Lipinski definition) is 4. The van der Waals surface area contributed by atoms with E-state index < -0.39 is 0 Å². The first-order valence-corrected chi connectivity index (χ1v) is 8.75. The number of benzene rings is 1. The maximum absolute atomic E-state index is 5.59. The Kier molecular flexibility index (Phi) is 11.0. The van der Waals surface area contributed by atoms with Crippen molar-refractivity contribution in [2.24, 2.45) is 4.99 Å². The summed E-state index contributed by atoms with van der Waals surface area (Å²) >= 11 is 0. The number of hydrogen-bond donors (Lipinski definition) is 2. The predicted molar refractivity (Wildman–Crippen MR) is 116 cm³/mol. The van der Waals surface area contributed by atoms with Crippen LogP contribution in [0.15, 0.2) is 39.9 Å². The Balaban J connectivity index is 0.00000338. The Hall–Kier alpha value is -1.61. The summed E-state index contributed by atoms with van der Waals surface area (Å²) in [7, 11) is 1.70. The molecule has 0 aliphatic carbocycles. The molecule has 1 aromatic heterocycles. The summed E-state index contributed by atoms with van der Waals surface area (Å²) in [6.07, 6.45) is 3.41. The highest BCUT2D eigenvalue weighted by Crippen LogP contribution is 2.19. The van der Waals surface area contributed by atoms with Crippen molar-refractivity contribution in [2.75, 3.05) is 33.4 Å². The van der Waals surface area contributed by atoms with Crippen LogP contribution in [-0.2, 0) is 11.2 Å². The van der Waals surface area contributed by atoms with Crippen LogP contribution in [-0.4, -0.2) is 44.3 Å². The highest BCUT2D eigenvalue weighted by Gasteiger charge is 2.06. The average Bonchev–Trinajstić information content (AvgIpc) is 3.08. The van der Waals surface area contributed by atoms with Crippen LogP contribution in [0.3, 0.4) is 0 Å². The number of oxazole rings is 1. The third kappa shape index (κ3) is 7.74.